The molecule has 9 nitrogen and oxygen atoms in total. The number of phenols is 1. The molecule has 2 heterocycles. The van der Waals surface area contributed by atoms with Gasteiger partial charge in [0.2, 0.25) is 0 Å². The van der Waals surface area contributed by atoms with E-state index in [1.54, 1.807) is 32.3 Å². The maximum atomic E-state index is 12.5. The lowest BCUT2D eigenvalue weighted by molar-refractivity contribution is 0.0824. The van der Waals surface area contributed by atoms with Gasteiger partial charge in [0.1, 0.15) is 12.0 Å². The van der Waals surface area contributed by atoms with Crippen molar-refractivity contribution >= 4 is 62.0 Å². The maximum Gasteiger partial charge on any atom is 0.269 e. The lowest BCUT2D eigenvalue weighted by atomic mass is 9.85. The van der Waals surface area contributed by atoms with E-state index in [2.05, 4.69) is 35.4 Å². The van der Waals surface area contributed by atoms with Crippen molar-refractivity contribution in [2.24, 2.45) is 14.2 Å². The smallest absolute Gasteiger partial charge is 0.269 e. The normalized spacial score (nSPS) is 16.9. The van der Waals surface area contributed by atoms with Crippen molar-refractivity contribution in [3.05, 3.63) is 45.3 Å². The Bertz CT molecular complexity index is 1140. The van der Waals surface area contributed by atoms with Gasteiger partial charge in [-0.05, 0) is 33.5 Å². The van der Waals surface area contributed by atoms with Gasteiger partial charge in [0.25, 0.3) is 17.1 Å². The lowest BCUT2D eigenvalue weighted by Crippen LogP contribution is -2.41. The Labute approximate surface area is 201 Å². The zero-order chi connectivity index (χ0) is 23.8. The predicted molar refractivity (Wildman–Crippen MR) is 130 cm³/mol. The number of phenolic OH excluding ortho intramolecular Hbond substituents is 1. The summed E-state index contributed by atoms with van der Waals surface area (Å²) in [6, 6.07) is 4.51. The first-order chi connectivity index (χ1) is 14.9. The van der Waals surface area contributed by atoms with Crippen molar-refractivity contribution in [1.82, 2.24) is 10.2 Å². The van der Waals surface area contributed by atoms with Gasteiger partial charge >= 0.3 is 0 Å². The van der Waals surface area contributed by atoms with Gasteiger partial charge in [-0.3, -0.25) is 4.79 Å². The van der Waals surface area contributed by atoms with E-state index in [0.29, 0.717) is 15.3 Å². The third kappa shape index (κ3) is 5.16. The average molecular weight is 545 g/mol. The first kappa shape index (κ1) is 24.3. The highest BCUT2D eigenvalue weighted by Crippen LogP contribution is 2.36. The van der Waals surface area contributed by atoms with Gasteiger partial charge in [0, 0.05) is 24.6 Å². The number of carbonyl (C=O) groups is 1. The number of benzene rings is 1. The van der Waals surface area contributed by atoms with Crippen LogP contribution < -0.4 is 10.6 Å². The van der Waals surface area contributed by atoms with Crippen LogP contribution in [-0.2, 0) is 11.2 Å². The van der Waals surface area contributed by atoms with E-state index >= 15 is 0 Å². The number of anilines is 1. The average Bonchev–Trinajstić information content (AvgIpc) is 3.26. The standard InChI is InChI=1S/C20H23BrClN5O4S/c1-20(2,3)16(13-8-10(22)9-31-13)24-18-17(25-32(30)26-18)23-12-7-6-11(21)14(15(12)28)19(29)27(4)5/h6-9,16,28H,1-5H3,(H,23,25)(H,24,26)/t16-,32?/m0/s1. The third-order valence-corrected chi connectivity index (χ3v) is 6.12. The third-order valence-electron chi connectivity index (χ3n) is 4.58. The van der Waals surface area contributed by atoms with Crippen LogP contribution in [0.3, 0.4) is 0 Å². The van der Waals surface area contributed by atoms with Crippen molar-refractivity contribution in [1.29, 1.82) is 0 Å². The predicted octanol–water partition coefficient (Wildman–Crippen LogP) is 4.28. The summed E-state index contributed by atoms with van der Waals surface area (Å²) in [4.78, 5) is 13.8. The van der Waals surface area contributed by atoms with E-state index in [4.69, 9.17) is 16.0 Å². The zero-order valence-electron chi connectivity index (χ0n) is 18.1. The molecule has 172 valence electrons. The minimum atomic E-state index is -1.86. The van der Waals surface area contributed by atoms with Crippen LogP contribution in [0, 0.1) is 5.41 Å². The second-order valence-electron chi connectivity index (χ2n) is 8.36. The molecule has 1 aliphatic rings. The van der Waals surface area contributed by atoms with E-state index in [0.717, 1.165) is 0 Å². The minimum Gasteiger partial charge on any atom is -0.505 e. The number of carbonyl (C=O) groups excluding carboxylic acids is 1. The first-order valence-corrected chi connectivity index (χ1v) is 11.7. The molecule has 3 rings (SSSR count). The molecular weight excluding hydrogens is 522 g/mol. The molecule has 1 aromatic carbocycles. The number of amides is 1. The second kappa shape index (κ2) is 9.24. The van der Waals surface area contributed by atoms with Crippen LogP contribution in [0.4, 0.5) is 5.69 Å². The van der Waals surface area contributed by atoms with E-state index in [1.807, 2.05) is 20.8 Å². The summed E-state index contributed by atoms with van der Waals surface area (Å²) in [7, 11) is 3.17. The van der Waals surface area contributed by atoms with Crippen molar-refractivity contribution in [3.63, 3.8) is 0 Å². The number of halogens is 2. The van der Waals surface area contributed by atoms with Crippen LogP contribution in [0.2, 0.25) is 5.02 Å². The summed E-state index contributed by atoms with van der Waals surface area (Å²) in [6.07, 6.45) is 1.43. The highest BCUT2D eigenvalue weighted by atomic mass is 79.9. The number of furan rings is 1. The largest absolute Gasteiger partial charge is 0.505 e. The SMILES string of the molecule is CN(C)C(=O)c1c(Br)ccc(NC2=NS(=O)N=C2N[C@@H](c2cc(Cl)co2)C(C)(C)C)c1O. The molecule has 0 fully saturated rings. The van der Waals surface area contributed by atoms with Crippen LogP contribution in [0.1, 0.15) is 42.9 Å². The Balaban J connectivity index is 1.92. The Hall–Kier alpha value is -2.37. The number of nitrogens with one attached hydrogen (secondary N) is 2. The summed E-state index contributed by atoms with van der Waals surface area (Å²) < 4.78 is 26.2. The molecule has 1 unspecified atom stereocenters. The fourth-order valence-electron chi connectivity index (χ4n) is 2.99. The highest BCUT2D eigenvalue weighted by molar-refractivity contribution is 9.10. The summed E-state index contributed by atoms with van der Waals surface area (Å²) >= 11 is 7.46. The second-order valence-corrected chi connectivity index (χ2v) is 10.5. The maximum absolute atomic E-state index is 12.5. The van der Waals surface area contributed by atoms with E-state index < -0.39 is 11.2 Å². The molecule has 2 aromatic rings. The van der Waals surface area contributed by atoms with Crippen LogP contribution >= 0.6 is 27.5 Å². The molecule has 0 aliphatic carbocycles. The molecule has 1 aliphatic heterocycles. The number of nitrogens with zero attached hydrogens (tertiary/aromatic N) is 3. The molecule has 0 bridgehead atoms. The van der Waals surface area contributed by atoms with Crippen molar-refractivity contribution in [2.45, 2.75) is 26.8 Å². The molecule has 3 N–H and O–H groups in total. The van der Waals surface area contributed by atoms with E-state index in [-0.39, 0.29) is 46.0 Å². The van der Waals surface area contributed by atoms with Gasteiger partial charge in [-0.25, -0.2) is 4.21 Å². The molecule has 1 amide bonds. The van der Waals surface area contributed by atoms with Crippen LogP contribution in [0.5, 0.6) is 5.75 Å². The van der Waals surface area contributed by atoms with Crippen LogP contribution in [0.25, 0.3) is 0 Å². The fraction of sp³-hybridized carbons (Fsp3) is 0.350. The molecule has 0 spiro atoms. The monoisotopic (exact) mass is 543 g/mol. The molecule has 0 saturated carbocycles. The summed E-state index contributed by atoms with van der Waals surface area (Å²) in [5.74, 6) is 0.287. The Kier molecular flexibility index (Phi) is 7.01. The van der Waals surface area contributed by atoms with E-state index in [1.165, 1.54) is 11.2 Å². The highest BCUT2D eigenvalue weighted by Gasteiger charge is 2.33. The van der Waals surface area contributed by atoms with Gasteiger partial charge < -0.3 is 25.1 Å². The molecule has 0 saturated heterocycles. The molecular formula is C20H23BrClN5O4S. The van der Waals surface area contributed by atoms with Crippen molar-refractivity contribution in [2.75, 3.05) is 19.4 Å². The molecule has 1 aromatic heterocycles. The van der Waals surface area contributed by atoms with Gasteiger partial charge in [-0.1, -0.05) is 32.4 Å². The zero-order valence-corrected chi connectivity index (χ0v) is 21.2. The first-order valence-electron chi connectivity index (χ1n) is 9.49. The van der Waals surface area contributed by atoms with Crippen molar-refractivity contribution < 1.29 is 18.5 Å². The number of rotatable bonds is 4. The molecule has 2 atom stereocenters. The van der Waals surface area contributed by atoms with Gasteiger partial charge in [-0.15, -0.1) is 8.80 Å². The topological polar surface area (TPSA) is 120 Å². The Morgan fingerprint density at radius 3 is 2.50 bits per heavy atom. The van der Waals surface area contributed by atoms with Crippen LogP contribution in [-0.4, -0.2) is 45.9 Å². The van der Waals surface area contributed by atoms with Gasteiger partial charge in [-0.2, -0.15) is 0 Å². The van der Waals surface area contributed by atoms with Crippen molar-refractivity contribution in [3.8, 4) is 5.75 Å². The van der Waals surface area contributed by atoms with Gasteiger partial charge in [0.05, 0.1) is 22.3 Å². The Morgan fingerprint density at radius 2 is 1.94 bits per heavy atom. The quantitative estimate of drug-likeness (QED) is 0.494. The summed E-state index contributed by atoms with van der Waals surface area (Å²) in [5, 5.41) is 17.3. The number of hydrogen-bond donors (Lipinski definition) is 3. The minimum absolute atomic E-state index is 0.0870. The number of aromatic hydroxyl groups is 1. The van der Waals surface area contributed by atoms with E-state index in [9.17, 15) is 14.1 Å². The molecule has 32 heavy (non-hydrogen) atoms. The molecule has 12 heteroatoms. The lowest BCUT2D eigenvalue weighted by Gasteiger charge is -2.30. The Morgan fingerprint density at radius 1 is 1.28 bits per heavy atom. The molecule has 0 radical (unpaired) electrons. The summed E-state index contributed by atoms with van der Waals surface area (Å²) in [5.41, 5.74) is -0.0351. The number of amidine groups is 2. The summed E-state index contributed by atoms with van der Waals surface area (Å²) in [6.45, 7) is 5.99. The van der Waals surface area contributed by atoms with Crippen LogP contribution in [0.15, 0.2) is 42.1 Å². The fourth-order valence-corrected chi connectivity index (χ4v) is 4.26. The number of hydrogen-bond acceptors (Lipinski definition) is 6. The van der Waals surface area contributed by atoms with Gasteiger partial charge in [0.15, 0.2) is 17.4 Å².